The molecule has 0 radical (unpaired) electrons. The van der Waals surface area contributed by atoms with Gasteiger partial charge < -0.3 is 5.11 Å². The summed E-state index contributed by atoms with van der Waals surface area (Å²) in [5.41, 5.74) is 1.91. The second-order valence-corrected chi connectivity index (χ2v) is 5.25. The molecule has 17 heavy (non-hydrogen) atoms. The van der Waals surface area contributed by atoms with Gasteiger partial charge in [-0.2, -0.15) is 5.10 Å². The average Bonchev–Trinajstić information content (AvgIpc) is 2.66. The van der Waals surface area contributed by atoms with E-state index in [1.807, 2.05) is 4.68 Å². The maximum absolute atomic E-state index is 9.49. The second-order valence-electron chi connectivity index (χ2n) is 4.88. The maximum Gasteiger partial charge on any atom is 0.0850 e. The van der Waals surface area contributed by atoms with Crippen LogP contribution < -0.4 is 0 Å². The smallest absolute Gasteiger partial charge is 0.0850 e. The highest BCUT2D eigenvalue weighted by atomic mass is 35.5. The number of rotatable bonds is 6. The largest absolute Gasteiger partial charge is 0.396 e. The lowest BCUT2D eigenvalue weighted by atomic mass is 9.83. The molecule has 0 aromatic carbocycles. The van der Waals surface area contributed by atoms with Crippen LogP contribution in [0.3, 0.4) is 0 Å². The minimum atomic E-state index is -0.110. The summed E-state index contributed by atoms with van der Waals surface area (Å²) in [7, 11) is 0. The van der Waals surface area contributed by atoms with Crippen molar-refractivity contribution in [3.05, 3.63) is 16.4 Å². The molecule has 0 bridgehead atoms. The third-order valence-electron chi connectivity index (χ3n) is 3.52. The number of aryl methyl sites for hydroxylation is 2. The molecule has 1 rings (SSSR count). The predicted molar refractivity (Wildman–Crippen MR) is 71.5 cm³/mol. The molecular formula is C13H23ClN2O. The van der Waals surface area contributed by atoms with Crippen LogP contribution in [0.2, 0.25) is 5.02 Å². The fraction of sp³-hybridized carbons (Fsp3) is 0.769. The molecule has 0 saturated carbocycles. The van der Waals surface area contributed by atoms with Crippen molar-refractivity contribution >= 4 is 11.6 Å². The molecule has 0 spiro atoms. The van der Waals surface area contributed by atoms with Gasteiger partial charge >= 0.3 is 0 Å². The molecule has 1 unspecified atom stereocenters. The standard InChI is InChI=1S/C13H23ClN2O/c1-5-10-12(14)11(16(7-3)15-10)8-13(4,6-2)9-17/h17H,5-9H2,1-4H3. The second kappa shape index (κ2) is 5.87. The van der Waals surface area contributed by atoms with E-state index < -0.39 is 0 Å². The van der Waals surface area contributed by atoms with E-state index in [-0.39, 0.29) is 12.0 Å². The van der Waals surface area contributed by atoms with Crippen molar-refractivity contribution in [2.24, 2.45) is 5.41 Å². The lowest BCUT2D eigenvalue weighted by Gasteiger charge is -2.25. The Morgan fingerprint density at radius 2 is 2.00 bits per heavy atom. The van der Waals surface area contributed by atoms with Crippen LogP contribution in [-0.2, 0) is 19.4 Å². The lowest BCUT2D eigenvalue weighted by Crippen LogP contribution is -2.25. The zero-order valence-electron chi connectivity index (χ0n) is 11.3. The molecular weight excluding hydrogens is 236 g/mol. The van der Waals surface area contributed by atoms with Crippen molar-refractivity contribution in [1.29, 1.82) is 0 Å². The molecule has 0 amide bonds. The van der Waals surface area contributed by atoms with Gasteiger partial charge in [0.2, 0.25) is 0 Å². The van der Waals surface area contributed by atoms with Crippen molar-refractivity contribution in [1.82, 2.24) is 9.78 Å². The first-order chi connectivity index (χ1) is 8.01. The number of nitrogens with zero attached hydrogens (tertiary/aromatic N) is 2. The monoisotopic (exact) mass is 258 g/mol. The molecule has 0 fully saturated rings. The summed E-state index contributed by atoms with van der Waals surface area (Å²) in [5, 5.41) is 14.8. The number of halogens is 1. The van der Waals surface area contributed by atoms with Crippen LogP contribution in [0.1, 0.15) is 45.5 Å². The van der Waals surface area contributed by atoms with Gasteiger partial charge in [-0.25, -0.2) is 0 Å². The summed E-state index contributed by atoms with van der Waals surface area (Å²) in [6, 6.07) is 0. The number of aliphatic hydroxyl groups is 1. The molecule has 0 aliphatic heterocycles. The number of hydrogen-bond donors (Lipinski definition) is 1. The Kier molecular flexibility index (Phi) is 5.02. The molecule has 1 aromatic heterocycles. The number of hydrogen-bond acceptors (Lipinski definition) is 2. The van der Waals surface area contributed by atoms with E-state index in [1.165, 1.54) is 0 Å². The van der Waals surface area contributed by atoms with E-state index in [1.54, 1.807) is 0 Å². The van der Waals surface area contributed by atoms with Crippen molar-refractivity contribution in [3.8, 4) is 0 Å². The normalized spacial score (nSPS) is 14.9. The van der Waals surface area contributed by atoms with Gasteiger partial charge in [-0.05, 0) is 31.6 Å². The zero-order chi connectivity index (χ0) is 13.1. The predicted octanol–water partition coefficient (Wildman–Crippen LogP) is 3.07. The third kappa shape index (κ3) is 3.02. The molecule has 1 atom stereocenters. The van der Waals surface area contributed by atoms with Gasteiger partial charge in [-0.1, -0.05) is 32.4 Å². The van der Waals surface area contributed by atoms with Crippen LogP contribution in [0.4, 0.5) is 0 Å². The highest BCUT2D eigenvalue weighted by Crippen LogP contribution is 2.31. The Morgan fingerprint density at radius 1 is 1.35 bits per heavy atom. The molecule has 1 aromatic rings. The van der Waals surface area contributed by atoms with Crippen LogP contribution in [-0.4, -0.2) is 21.5 Å². The number of aliphatic hydroxyl groups excluding tert-OH is 1. The summed E-state index contributed by atoms with van der Waals surface area (Å²) in [4.78, 5) is 0. The van der Waals surface area contributed by atoms with E-state index in [0.29, 0.717) is 0 Å². The molecule has 4 heteroatoms. The minimum absolute atomic E-state index is 0.110. The highest BCUT2D eigenvalue weighted by Gasteiger charge is 2.26. The lowest BCUT2D eigenvalue weighted by molar-refractivity contribution is 0.135. The Hall–Kier alpha value is -0.540. The van der Waals surface area contributed by atoms with Gasteiger partial charge in [0.15, 0.2) is 0 Å². The first-order valence-corrected chi connectivity index (χ1v) is 6.74. The molecule has 98 valence electrons. The van der Waals surface area contributed by atoms with Crippen LogP contribution in [0, 0.1) is 5.41 Å². The Bertz CT molecular complexity index is 370. The van der Waals surface area contributed by atoms with Gasteiger partial charge in [0.05, 0.1) is 16.4 Å². The quantitative estimate of drug-likeness (QED) is 0.852. The van der Waals surface area contributed by atoms with Gasteiger partial charge in [-0.15, -0.1) is 0 Å². The summed E-state index contributed by atoms with van der Waals surface area (Å²) >= 11 is 6.36. The van der Waals surface area contributed by atoms with E-state index >= 15 is 0 Å². The molecule has 0 aliphatic carbocycles. The summed E-state index contributed by atoms with van der Waals surface area (Å²) in [6.45, 7) is 9.30. The van der Waals surface area contributed by atoms with Crippen LogP contribution in [0.15, 0.2) is 0 Å². The van der Waals surface area contributed by atoms with E-state index in [2.05, 4.69) is 32.8 Å². The summed E-state index contributed by atoms with van der Waals surface area (Å²) in [6.07, 6.45) is 2.55. The molecule has 0 saturated heterocycles. The van der Waals surface area contributed by atoms with Gasteiger partial charge in [-0.3, -0.25) is 4.68 Å². The van der Waals surface area contributed by atoms with Crippen LogP contribution >= 0.6 is 11.6 Å². The third-order valence-corrected chi connectivity index (χ3v) is 3.96. The van der Waals surface area contributed by atoms with Gasteiger partial charge in [0.1, 0.15) is 0 Å². The summed E-state index contributed by atoms with van der Waals surface area (Å²) < 4.78 is 1.96. The van der Waals surface area contributed by atoms with E-state index in [9.17, 15) is 5.11 Å². The molecule has 1 N–H and O–H groups in total. The fourth-order valence-corrected chi connectivity index (χ4v) is 2.22. The average molecular weight is 259 g/mol. The van der Waals surface area contributed by atoms with Crippen molar-refractivity contribution in [2.75, 3.05) is 6.61 Å². The molecule has 1 heterocycles. The van der Waals surface area contributed by atoms with Crippen molar-refractivity contribution in [3.63, 3.8) is 0 Å². The molecule has 3 nitrogen and oxygen atoms in total. The van der Waals surface area contributed by atoms with Gasteiger partial charge in [0.25, 0.3) is 0 Å². The van der Waals surface area contributed by atoms with E-state index in [4.69, 9.17) is 11.6 Å². The van der Waals surface area contributed by atoms with Crippen LogP contribution in [0.5, 0.6) is 0 Å². The Morgan fingerprint density at radius 3 is 2.41 bits per heavy atom. The Balaban J connectivity index is 3.08. The zero-order valence-corrected chi connectivity index (χ0v) is 12.0. The first-order valence-electron chi connectivity index (χ1n) is 6.36. The van der Waals surface area contributed by atoms with Crippen molar-refractivity contribution in [2.45, 2.75) is 53.5 Å². The fourth-order valence-electron chi connectivity index (χ4n) is 1.88. The number of aromatic nitrogens is 2. The Labute approximate surface area is 109 Å². The SMILES string of the molecule is CCc1nn(CC)c(CC(C)(CC)CO)c1Cl. The van der Waals surface area contributed by atoms with E-state index in [0.717, 1.165) is 42.2 Å². The maximum atomic E-state index is 9.49. The van der Waals surface area contributed by atoms with Crippen molar-refractivity contribution < 1.29 is 5.11 Å². The van der Waals surface area contributed by atoms with Crippen LogP contribution in [0.25, 0.3) is 0 Å². The van der Waals surface area contributed by atoms with Gasteiger partial charge in [0, 0.05) is 13.2 Å². The summed E-state index contributed by atoms with van der Waals surface area (Å²) in [5.74, 6) is 0. The topological polar surface area (TPSA) is 38.0 Å². The highest BCUT2D eigenvalue weighted by molar-refractivity contribution is 6.31. The molecule has 0 aliphatic rings. The minimum Gasteiger partial charge on any atom is -0.396 e. The first kappa shape index (κ1) is 14.5.